The van der Waals surface area contributed by atoms with Crippen molar-refractivity contribution in [1.29, 1.82) is 0 Å². The third-order valence-electron chi connectivity index (χ3n) is 5.85. The van der Waals surface area contributed by atoms with E-state index in [2.05, 4.69) is 20.4 Å². The van der Waals surface area contributed by atoms with E-state index in [-0.39, 0.29) is 38.8 Å². The largest absolute Gasteiger partial charge is 0.445 e. The van der Waals surface area contributed by atoms with Crippen LogP contribution in [0.1, 0.15) is 36.9 Å². The molecule has 1 fully saturated rings. The highest BCUT2D eigenvalue weighted by atomic mass is 19.4. The van der Waals surface area contributed by atoms with Gasteiger partial charge in [0, 0.05) is 12.0 Å². The highest BCUT2D eigenvalue weighted by Gasteiger charge is 2.47. The zero-order valence-corrected chi connectivity index (χ0v) is 16.7. The van der Waals surface area contributed by atoms with Crippen LogP contribution in [0.15, 0.2) is 48.9 Å². The van der Waals surface area contributed by atoms with Crippen LogP contribution in [0.5, 0.6) is 0 Å². The minimum absolute atomic E-state index is 0.0288. The van der Waals surface area contributed by atoms with Gasteiger partial charge in [-0.2, -0.15) is 18.3 Å². The fourth-order valence-corrected chi connectivity index (χ4v) is 4.03. The molecule has 2 aromatic heterocycles. The van der Waals surface area contributed by atoms with Crippen molar-refractivity contribution >= 4 is 11.9 Å². The number of fused-ring (bicyclic) bond motifs is 1. The van der Waals surface area contributed by atoms with E-state index in [1.807, 2.05) is 30.3 Å². The molecule has 0 atom stereocenters. The van der Waals surface area contributed by atoms with Crippen molar-refractivity contribution in [1.82, 2.24) is 24.9 Å². The lowest BCUT2D eigenvalue weighted by molar-refractivity contribution is -0.184. The Kier molecular flexibility index (Phi) is 5.79. The molecule has 1 N–H and O–H groups in total. The van der Waals surface area contributed by atoms with Gasteiger partial charge in [0.2, 0.25) is 0 Å². The van der Waals surface area contributed by atoms with Gasteiger partial charge in [-0.15, -0.1) is 0 Å². The second-order valence-corrected chi connectivity index (χ2v) is 7.82. The van der Waals surface area contributed by atoms with Crippen LogP contribution in [0.2, 0.25) is 0 Å². The van der Waals surface area contributed by atoms with Gasteiger partial charge in [-0.25, -0.2) is 19.3 Å². The first-order valence-electron chi connectivity index (χ1n) is 10.0. The smallest absolute Gasteiger partial charge is 0.407 e. The van der Waals surface area contributed by atoms with Crippen molar-refractivity contribution in [3.63, 3.8) is 0 Å². The van der Waals surface area contributed by atoms with Crippen LogP contribution >= 0.6 is 0 Å². The second-order valence-electron chi connectivity index (χ2n) is 7.82. The van der Waals surface area contributed by atoms with Crippen molar-refractivity contribution in [2.45, 2.75) is 43.9 Å². The van der Waals surface area contributed by atoms with E-state index in [4.69, 9.17) is 4.74 Å². The predicted molar refractivity (Wildman–Crippen MR) is 105 cm³/mol. The lowest BCUT2D eigenvalue weighted by Crippen LogP contribution is -2.45. The van der Waals surface area contributed by atoms with E-state index >= 15 is 0 Å². The fourth-order valence-electron chi connectivity index (χ4n) is 4.03. The lowest BCUT2D eigenvalue weighted by atomic mass is 9.68. The van der Waals surface area contributed by atoms with Crippen LogP contribution in [0.3, 0.4) is 0 Å². The first kappa shape index (κ1) is 21.1. The maximum absolute atomic E-state index is 13.2. The first-order chi connectivity index (χ1) is 14.9. The summed E-state index contributed by atoms with van der Waals surface area (Å²) in [6.45, 7) is 0.229. The standard InChI is InChI=1S/C21H22F3N5O2/c22-21(23,24)16-6-8-20(9-7-16,17-12-29-18(28-17)25-10-11-27-29)14-26-19(30)31-13-15-4-2-1-3-5-15/h1-5,10-12,16H,6-9,13-14H2,(H,26,30). The van der Waals surface area contributed by atoms with Crippen molar-refractivity contribution < 1.29 is 22.7 Å². The highest BCUT2D eigenvalue weighted by molar-refractivity contribution is 5.67. The number of alkyl carbamates (subject to hydrolysis) is 1. The molecule has 31 heavy (non-hydrogen) atoms. The van der Waals surface area contributed by atoms with Crippen molar-refractivity contribution in [2.75, 3.05) is 6.54 Å². The molecule has 0 unspecified atom stereocenters. The SMILES string of the molecule is O=C(NCC1(c2cn3nccnc3n2)CCC(C(F)(F)F)CC1)OCc1ccccc1. The van der Waals surface area contributed by atoms with Crippen LogP contribution in [0.4, 0.5) is 18.0 Å². The van der Waals surface area contributed by atoms with Crippen LogP contribution in [-0.2, 0) is 16.8 Å². The van der Waals surface area contributed by atoms with E-state index in [1.165, 1.54) is 16.9 Å². The number of nitrogens with one attached hydrogen (secondary N) is 1. The van der Waals surface area contributed by atoms with Gasteiger partial charge >= 0.3 is 12.3 Å². The van der Waals surface area contributed by atoms with Gasteiger partial charge in [0.05, 0.1) is 30.2 Å². The van der Waals surface area contributed by atoms with E-state index in [0.29, 0.717) is 11.5 Å². The van der Waals surface area contributed by atoms with Crippen LogP contribution in [0, 0.1) is 5.92 Å². The Hall–Kier alpha value is -3.17. The number of benzene rings is 1. The fraction of sp³-hybridized carbons (Fsp3) is 0.429. The van der Waals surface area contributed by atoms with Gasteiger partial charge in [-0.1, -0.05) is 30.3 Å². The molecule has 1 aromatic carbocycles. The number of rotatable bonds is 5. The van der Waals surface area contributed by atoms with Gasteiger partial charge in [-0.3, -0.25) is 0 Å². The molecule has 164 valence electrons. The number of hydrogen-bond donors (Lipinski definition) is 1. The van der Waals surface area contributed by atoms with E-state index in [9.17, 15) is 18.0 Å². The molecule has 1 saturated carbocycles. The van der Waals surface area contributed by atoms with Crippen molar-refractivity contribution in [2.24, 2.45) is 5.92 Å². The molecule has 0 bridgehead atoms. The quantitative estimate of drug-likeness (QED) is 0.657. The minimum Gasteiger partial charge on any atom is -0.445 e. The molecule has 0 radical (unpaired) electrons. The number of carbonyl (C=O) groups is 1. The summed E-state index contributed by atoms with van der Waals surface area (Å²) in [6, 6.07) is 9.23. The maximum atomic E-state index is 13.2. The normalized spacial score (nSPS) is 21.7. The van der Waals surface area contributed by atoms with Crippen LogP contribution in [0.25, 0.3) is 5.78 Å². The topological polar surface area (TPSA) is 81.4 Å². The summed E-state index contributed by atoms with van der Waals surface area (Å²) in [6.07, 6.45) is 0.242. The average molecular weight is 433 g/mol. The zero-order valence-electron chi connectivity index (χ0n) is 16.7. The summed E-state index contributed by atoms with van der Waals surface area (Å²) in [5.41, 5.74) is 0.668. The Balaban J connectivity index is 1.48. The van der Waals surface area contributed by atoms with Gasteiger partial charge in [0.25, 0.3) is 5.78 Å². The molecule has 1 amide bonds. The number of halogens is 3. The molecule has 7 nitrogen and oxygen atoms in total. The highest BCUT2D eigenvalue weighted by Crippen LogP contribution is 2.46. The van der Waals surface area contributed by atoms with Crippen molar-refractivity contribution in [3.8, 4) is 0 Å². The minimum atomic E-state index is -4.23. The molecule has 3 aromatic rings. The summed E-state index contributed by atoms with van der Waals surface area (Å²) in [4.78, 5) is 20.9. The van der Waals surface area contributed by atoms with Crippen LogP contribution in [-0.4, -0.2) is 38.4 Å². The van der Waals surface area contributed by atoms with Gasteiger partial charge in [0.1, 0.15) is 6.61 Å². The molecule has 1 aliphatic rings. The monoisotopic (exact) mass is 433 g/mol. The van der Waals surface area contributed by atoms with E-state index in [1.54, 1.807) is 6.20 Å². The predicted octanol–water partition coefficient (Wildman–Crippen LogP) is 4.04. The molecule has 1 aliphatic carbocycles. The van der Waals surface area contributed by atoms with Gasteiger partial charge in [-0.05, 0) is 31.2 Å². The number of aromatic nitrogens is 4. The molecule has 0 aliphatic heterocycles. The van der Waals surface area contributed by atoms with Crippen LogP contribution < -0.4 is 5.32 Å². The average Bonchev–Trinajstić information content (AvgIpc) is 3.22. The molecule has 2 heterocycles. The zero-order chi connectivity index (χ0) is 21.9. The lowest BCUT2D eigenvalue weighted by Gasteiger charge is -2.39. The number of ether oxygens (including phenoxy) is 1. The van der Waals surface area contributed by atoms with Gasteiger partial charge < -0.3 is 10.1 Å². The maximum Gasteiger partial charge on any atom is 0.407 e. The van der Waals surface area contributed by atoms with E-state index < -0.39 is 23.6 Å². The second kappa shape index (κ2) is 8.52. The summed E-state index contributed by atoms with van der Waals surface area (Å²) in [5.74, 6) is -0.986. The molecule has 4 rings (SSSR count). The number of hydrogen-bond acceptors (Lipinski definition) is 5. The number of carbonyl (C=O) groups excluding carboxylic acids is 1. The Morgan fingerprint density at radius 3 is 2.61 bits per heavy atom. The third-order valence-corrected chi connectivity index (χ3v) is 5.85. The molecular weight excluding hydrogens is 411 g/mol. The third kappa shape index (κ3) is 4.78. The number of imidazole rings is 1. The summed E-state index contributed by atoms with van der Waals surface area (Å²) < 4.78 is 46.4. The molecule has 0 spiro atoms. The van der Waals surface area contributed by atoms with Gasteiger partial charge in [0.15, 0.2) is 0 Å². The Bertz CT molecular complexity index is 997. The Morgan fingerprint density at radius 2 is 1.94 bits per heavy atom. The summed E-state index contributed by atoms with van der Waals surface area (Å²) in [7, 11) is 0. The van der Waals surface area contributed by atoms with E-state index in [0.717, 1.165) is 5.56 Å². The molecular formula is C21H22F3N5O2. The van der Waals surface area contributed by atoms with Crippen molar-refractivity contribution in [3.05, 3.63) is 60.2 Å². The Morgan fingerprint density at radius 1 is 1.19 bits per heavy atom. The first-order valence-corrected chi connectivity index (χ1v) is 10.0. The molecule has 0 saturated heterocycles. The Labute approximate surface area is 176 Å². The summed E-state index contributed by atoms with van der Waals surface area (Å²) >= 11 is 0. The number of nitrogens with zero attached hydrogens (tertiary/aromatic N) is 4. The summed E-state index contributed by atoms with van der Waals surface area (Å²) in [5, 5.41) is 6.87. The molecule has 10 heteroatoms. The number of alkyl halides is 3. The number of amides is 1.